The highest BCUT2D eigenvalue weighted by Crippen LogP contribution is 2.40. The lowest BCUT2D eigenvalue weighted by Crippen LogP contribution is -2.64. The number of nitrogens with one attached hydrogen (secondary N) is 1. The number of benzene rings is 1. The van der Waals surface area contributed by atoms with Gasteiger partial charge in [-0.3, -0.25) is 14.4 Å². The van der Waals surface area contributed by atoms with E-state index in [4.69, 9.17) is 28.4 Å². The van der Waals surface area contributed by atoms with Gasteiger partial charge in [-0.25, -0.2) is 4.79 Å². The third-order valence-electron chi connectivity index (χ3n) is 14.7. The first-order valence-electron chi connectivity index (χ1n) is 23.9. The molecule has 1 aliphatic carbocycles. The molecule has 14 nitrogen and oxygen atoms in total. The first kappa shape index (κ1) is 50.5. The van der Waals surface area contributed by atoms with Crippen LogP contribution in [0.15, 0.2) is 53.8 Å². The molecule has 4 heterocycles. The van der Waals surface area contributed by atoms with E-state index >= 15 is 0 Å². The number of amides is 1. The maximum atomic E-state index is 14.5. The number of hydrogen-bond donors (Lipinski definition) is 3. The second kappa shape index (κ2) is 22.3. The summed E-state index contributed by atoms with van der Waals surface area (Å²) in [4.78, 5) is 61.6. The molecule has 360 valence electrons. The minimum Gasteiger partial charge on any atom is -0.488 e. The van der Waals surface area contributed by atoms with E-state index in [-0.39, 0.29) is 55.6 Å². The summed E-state index contributed by atoms with van der Waals surface area (Å²) in [7, 11) is 4.76. The minimum absolute atomic E-state index is 0.0181. The molecule has 0 spiro atoms. The predicted molar refractivity (Wildman–Crippen MR) is 245 cm³/mol. The molecule has 14 unspecified atom stereocenters. The maximum Gasteiger partial charge on any atom is 0.329 e. The molecule has 0 radical (unpaired) electrons. The number of esters is 1. The summed E-state index contributed by atoms with van der Waals surface area (Å²) in [6.45, 7) is 11.4. The standard InChI is InChI=1S/C51H74N2O12/c1-10-35-22-29(2)21-30(3)23-44(61-8)47-45(62-9)25-32(5)51(59,65-47)48(56)49(57)53-20-12-11-13-39(53)50(58)64-46(33(6)40(54)28-41(35)55)31(4)24-34-14-17-42(43(26-34)60-7)63-37-15-16-38-36(27-37)18-19-52-38/h15-16,18-19,22,24,27,30,32-35,39-40,42-47,52,54,59H,10-14,17,20-21,23,25-26,28H2,1-9H3/b29-22+,31-24?. The smallest absolute Gasteiger partial charge is 0.329 e. The van der Waals surface area contributed by atoms with Crippen LogP contribution in [-0.4, -0.2) is 126 Å². The third kappa shape index (κ3) is 11.6. The number of fused-ring (bicyclic) bond motifs is 4. The van der Waals surface area contributed by atoms with Crippen molar-refractivity contribution in [3.05, 3.63) is 53.8 Å². The number of methoxy groups -OCH3 is 3. The lowest BCUT2D eigenvalue weighted by molar-refractivity contribution is -0.302. The molecule has 3 fully saturated rings. The van der Waals surface area contributed by atoms with Gasteiger partial charge < -0.3 is 48.5 Å². The van der Waals surface area contributed by atoms with E-state index in [1.165, 1.54) is 19.1 Å². The van der Waals surface area contributed by atoms with Gasteiger partial charge in [0.15, 0.2) is 0 Å². The fourth-order valence-corrected chi connectivity index (χ4v) is 10.8. The summed E-state index contributed by atoms with van der Waals surface area (Å²) < 4.78 is 36.9. The number of H-pyrrole nitrogens is 1. The van der Waals surface area contributed by atoms with E-state index < -0.39 is 77.8 Å². The van der Waals surface area contributed by atoms with E-state index in [1.54, 1.807) is 21.0 Å². The largest absolute Gasteiger partial charge is 0.488 e. The third-order valence-corrected chi connectivity index (χ3v) is 14.7. The van der Waals surface area contributed by atoms with Crippen molar-refractivity contribution < 1.29 is 57.8 Å². The van der Waals surface area contributed by atoms with Crippen molar-refractivity contribution >= 4 is 34.3 Å². The van der Waals surface area contributed by atoms with Crippen molar-refractivity contribution in [2.45, 2.75) is 167 Å². The zero-order chi connectivity index (χ0) is 47.2. The van der Waals surface area contributed by atoms with Crippen LogP contribution in [0.1, 0.15) is 112 Å². The molecule has 3 N–H and O–H groups in total. The van der Waals surface area contributed by atoms with Crippen LogP contribution in [0, 0.1) is 29.6 Å². The molecule has 6 rings (SSSR count). The number of piperidine rings is 1. The van der Waals surface area contributed by atoms with Gasteiger partial charge in [-0.05, 0) is 120 Å². The van der Waals surface area contributed by atoms with Crippen molar-refractivity contribution in [1.29, 1.82) is 0 Å². The highest BCUT2D eigenvalue weighted by molar-refractivity contribution is 6.39. The molecule has 1 amide bonds. The van der Waals surface area contributed by atoms with Crippen molar-refractivity contribution in [3.63, 3.8) is 0 Å². The van der Waals surface area contributed by atoms with Crippen molar-refractivity contribution in [1.82, 2.24) is 9.88 Å². The monoisotopic (exact) mass is 907 g/mol. The van der Waals surface area contributed by atoms with Gasteiger partial charge in [-0.2, -0.15) is 0 Å². The molecule has 1 saturated carbocycles. The number of aromatic nitrogens is 1. The molecular weight excluding hydrogens is 833 g/mol. The van der Waals surface area contributed by atoms with E-state index in [1.807, 2.05) is 57.3 Å². The maximum absolute atomic E-state index is 14.5. The Hall–Kier alpha value is -3.92. The Balaban J connectivity index is 1.30. The molecular formula is C51H74N2O12. The lowest BCUT2D eigenvalue weighted by atomic mass is 9.81. The van der Waals surface area contributed by atoms with Crippen LogP contribution in [0.5, 0.6) is 5.75 Å². The van der Waals surface area contributed by atoms with Crippen LogP contribution in [-0.2, 0) is 42.9 Å². The number of cyclic esters (lactones) is 1. The van der Waals surface area contributed by atoms with Crippen LogP contribution in [0.25, 0.3) is 10.9 Å². The topological polar surface area (TPSA) is 183 Å². The van der Waals surface area contributed by atoms with Crippen LogP contribution in [0.4, 0.5) is 0 Å². The molecule has 14 atom stereocenters. The first-order chi connectivity index (χ1) is 31.0. The summed E-state index contributed by atoms with van der Waals surface area (Å²) in [5.41, 5.74) is 2.72. The highest BCUT2D eigenvalue weighted by atomic mass is 16.7. The van der Waals surface area contributed by atoms with Gasteiger partial charge in [0.1, 0.15) is 35.9 Å². The zero-order valence-corrected chi connectivity index (χ0v) is 40.0. The number of carbonyl (C=O) groups excluding carboxylic acids is 4. The van der Waals surface area contributed by atoms with Crippen LogP contribution < -0.4 is 4.74 Å². The number of aromatic amines is 1. The number of nitrogens with zero attached hydrogens (tertiary/aromatic N) is 1. The minimum atomic E-state index is -2.51. The molecule has 2 bridgehead atoms. The Morgan fingerprint density at radius 3 is 2.35 bits per heavy atom. The molecule has 3 aliphatic heterocycles. The molecule has 1 aromatic carbocycles. The quantitative estimate of drug-likeness (QED) is 0.140. The normalized spacial score (nSPS) is 37.5. The van der Waals surface area contributed by atoms with E-state index in [9.17, 15) is 29.4 Å². The number of ether oxygens (including phenoxy) is 6. The summed E-state index contributed by atoms with van der Waals surface area (Å²) in [6, 6.07) is 6.82. The molecule has 2 aromatic rings. The molecule has 2 saturated heterocycles. The fraction of sp³-hybridized carbons (Fsp3) is 0.686. The fourth-order valence-electron chi connectivity index (χ4n) is 10.8. The Labute approximate surface area is 384 Å². The summed E-state index contributed by atoms with van der Waals surface area (Å²) >= 11 is 0. The number of allylic oxidation sites excluding steroid dienone is 3. The molecule has 4 aliphatic rings. The van der Waals surface area contributed by atoms with Crippen LogP contribution in [0.3, 0.4) is 0 Å². The van der Waals surface area contributed by atoms with Crippen molar-refractivity contribution in [2.75, 3.05) is 27.9 Å². The van der Waals surface area contributed by atoms with Gasteiger partial charge in [-0.1, -0.05) is 45.4 Å². The molecule has 65 heavy (non-hydrogen) atoms. The predicted octanol–water partition coefficient (Wildman–Crippen LogP) is 7.04. The number of aliphatic hydroxyl groups is 2. The summed E-state index contributed by atoms with van der Waals surface area (Å²) in [6.07, 6.45) is 6.54. The Morgan fingerprint density at radius 2 is 1.65 bits per heavy atom. The Morgan fingerprint density at radius 1 is 0.923 bits per heavy atom. The number of aliphatic hydroxyl groups excluding tert-OH is 1. The Bertz CT molecular complexity index is 2030. The second-order valence-corrected chi connectivity index (χ2v) is 19.5. The highest BCUT2D eigenvalue weighted by Gasteiger charge is 2.56. The number of rotatable bonds is 8. The van der Waals surface area contributed by atoms with E-state index in [0.717, 1.165) is 28.6 Å². The molecule has 14 heteroatoms. The summed E-state index contributed by atoms with van der Waals surface area (Å²) in [5.74, 6) is -6.72. The lowest BCUT2D eigenvalue weighted by Gasteiger charge is -2.47. The van der Waals surface area contributed by atoms with Gasteiger partial charge >= 0.3 is 5.97 Å². The average Bonchev–Trinajstić information content (AvgIpc) is 3.77. The SMILES string of the molecule is CCC1/C=C(\C)CC(C)CC(OC)C2OC(O)(C(=O)C(=O)N3CCCCC3C(=O)OC(C(C)=CC3CCC(Oc4ccc5[nH]ccc5c4)C(OC)C3)C(C)C(O)CC1=O)C(C)CC2OC. The number of hydrogen-bond acceptors (Lipinski definition) is 12. The number of Topliss-reactive ketones (excluding diaryl/α,β-unsaturated/α-hetero) is 2. The molecule has 1 aromatic heterocycles. The number of ketones is 2. The van der Waals surface area contributed by atoms with Crippen LogP contribution in [0.2, 0.25) is 0 Å². The summed E-state index contributed by atoms with van der Waals surface area (Å²) in [5, 5.41) is 25.0. The van der Waals surface area contributed by atoms with Crippen molar-refractivity contribution in [2.24, 2.45) is 29.6 Å². The van der Waals surface area contributed by atoms with Crippen molar-refractivity contribution in [3.8, 4) is 5.75 Å². The van der Waals surface area contributed by atoms with E-state index in [2.05, 4.69) is 18.0 Å². The van der Waals surface area contributed by atoms with Gasteiger partial charge in [0.25, 0.3) is 11.7 Å². The second-order valence-electron chi connectivity index (χ2n) is 19.5. The average molecular weight is 907 g/mol. The van der Waals surface area contributed by atoms with Gasteiger partial charge in [0.05, 0.1) is 24.4 Å². The number of carbonyl (C=O) groups is 4. The zero-order valence-electron chi connectivity index (χ0n) is 40.0. The van der Waals surface area contributed by atoms with Gasteiger partial charge in [-0.15, -0.1) is 0 Å². The van der Waals surface area contributed by atoms with Crippen LogP contribution >= 0.6 is 0 Å². The van der Waals surface area contributed by atoms with Gasteiger partial charge in [0.2, 0.25) is 5.79 Å². The Kier molecular flexibility index (Phi) is 17.3. The van der Waals surface area contributed by atoms with E-state index in [0.29, 0.717) is 50.5 Å². The first-order valence-corrected chi connectivity index (χ1v) is 23.9. The van der Waals surface area contributed by atoms with Gasteiger partial charge in [0, 0.05) is 69.1 Å².